The van der Waals surface area contributed by atoms with Crippen LogP contribution in [-0.4, -0.2) is 12.0 Å². The fraction of sp³-hybridized carbons (Fsp3) is 0.133. The highest BCUT2D eigenvalue weighted by atomic mass is 79.9. The second kappa shape index (κ2) is 6.67. The van der Waals surface area contributed by atoms with E-state index in [2.05, 4.69) is 21.2 Å². The summed E-state index contributed by atoms with van der Waals surface area (Å²) in [5.74, 6) is -0.818. The van der Waals surface area contributed by atoms with Crippen molar-refractivity contribution in [3.63, 3.8) is 0 Å². The molecule has 0 bridgehead atoms. The summed E-state index contributed by atoms with van der Waals surface area (Å²) in [6.07, 6.45) is -0.795. The van der Waals surface area contributed by atoms with Gasteiger partial charge >= 0.3 is 0 Å². The third-order valence-corrected chi connectivity index (χ3v) is 3.30. The molecule has 0 spiro atoms. The number of benzene rings is 2. The van der Waals surface area contributed by atoms with Gasteiger partial charge in [0.05, 0.1) is 4.47 Å². The Labute approximate surface area is 129 Å². The molecule has 110 valence electrons. The van der Waals surface area contributed by atoms with Crippen molar-refractivity contribution in [3.8, 4) is 5.75 Å². The maximum atomic E-state index is 13.0. The minimum absolute atomic E-state index is 0.359. The highest BCUT2D eigenvalue weighted by molar-refractivity contribution is 9.10. The summed E-state index contributed by atoms with van der Waals surface area (Å²) in [5.41, 5.74) is 0.468. The van der Waals surface area contributed by atoms with Gasteiger partial charge in [0, 0.05) is 5.69 Å². The van der Waals surface area contributed by atoms with Crippen LogP contribution in [0.3, 0.4) is 0 Å². The van der Waals surface area contributed by atoms with Gasteiger partial charge in [-0.3, -0.25) is 4.79 Å². The fourth-order valence-electron chi connectivity index (χ4n) is 1.59. The lowest BCUT2D eigenvalue weighted by atomic mass is 10.3. The molecule has 0 heterocycles. The SMILES string of the molecule is C[C@@H](Oc1ccc(F)cc1Br)C(=O)Nc1ccc(F)cc1. The average Bonchev–Trinajstić information content (AvgIpc) is 2.44. The topological polar surface area (TPSA) is 38.3 Å². The minimum Gasteiger partial charge on any atom is -0.480 e. The Kier molecular flexibility index (Phi) is 4.90. The third kappa shape index (κ3) is 4.26. The van der Waals surface area contributed by atoms with E-state index in [0.29, 0.717) is 15.9 Å². The van der Waals surface area contributed by atoms with Gasteiger partial charge in [-0.1, -0.05) is 0 Å². The van der Waals surface area contributed by atoms with Crippen LogP contribution in [-0.2, 0) is 4.79 Å². The molecule has 0 aliphatic heterocycles. The summed E-state index contributed by atoms with van der Waals surface area (Å²) in [5, 5.41) is 2.60. The summed E-state index contributed by atoms with van der Waals surface area (Å²) in [7, 11) is 0. The number of anilines is 1. The van der Waals surface area contributed by atoms with E-state index in [9.17, 15) is 13.6 Å². The van der Waals surface area contributed by atoms with Crippen LogP contribution in [0.5, 0.6) is 5.75 Å². The van der Waals surface area contributed by atoms with Crippen LogP contribution >= 0.6 is 15.9 Å². The summed E-state index contributed by atoms with van der Waals surface area (Å²) in [4.78, 5) is 12.0. The highest BCUT2D eigenvalue weighted by Gasteiger charge is 2.16. The van der Waals surface area contributed by atoms with Crippen molar-refractivity contribution in [3.05, 3.63) is 58.6 Å². The maximum Gasteiger partial charge on any atom is 0.265 e. The molecule has 0 saturated carbocycles. The summed E-state index contributed by atoms with van der Waals surface area (Å²) < 4.78 is 31.6. The first-order valence-corrected chi connectivity index (χ1v) is 6.93. The van der Waals surface area contributed by atoms with E-state index in [0.717, 1.165) is 0 Å². The van der Waals surface area contributed by atoms with Crippen molar-refractivity contribution in [2.24, 2.45) is 0 Å². The van der Waals surface area contributed by atoms with Gasteiger partial charge in [-0.25, -0.2) is 8.78 Å². The number of hydrogen-bond donors (Lipinski definition) is 1. The van der Waals surface area contributed by atoms with Crippen LogP contribution in [0.15, 0.2) is 46.9 Å². The second-order valence-corrected chi connectivity index (χ2v) is 5.19. The molecule has 0 aliphatic carbocycles. The van der Waals surface area contributed by atoms with Crippen LogP contribution < -0.4 is 10.1 Å². The minimum atomic E-state index is -0.795. The van der Waals surface area contributed by atoms with Crippen molar-refractivity contribution in [1.82, 2.24) is 0 Å². The zero-order valence-corrected chi connectivity index (χ0v) is 12.7. The van der Waals surface area contributed by atoms with Gasteiger partial charge in [-0.2, -0.15) is 0 Å². The highest BCUT2D eigenvalue weighted by Crippen LogP contribution is 2.26. The number of carbonyl (C=O) groups is 1. The molecule has 1 N–H and O–H groups in total. The smallest absolute Gasteiger partial charge is 0.265 e. The number of carbonyl (C=O) groups excluding carboxylic acids is 1. The molecule has 2 aromatic carbocycles. The number of halogens is 3. The lowest BCUT2D eigenvalue weighted by Crippen LogP contribution is -2.30. The maximum absolute atomic E-state index is 13.0. The van der Waals surface area contributed by atoms with Gasteiger partial charge in [0.2, 0.25) is 0 Å². The van der Waals surface area contributed by atoms with Crippen molar-refractivity contribution >= 4 is 27.5 Å². The molecular weight excluding hydrogens is 344 g/mol. The molecule has 1 atom stereocenters. The summed E-state index contributed by atoms with van der Waals surface area (Å²) >= 11 is 3.16. The first kappa shape index (κ1) is 15.4. The van der Waals surface area contributed by atoms with Crippen LogP contribution in [0.4, 0.5) is 14.5 Å². The average molecular weight is 356 g/mol. The summed E-state index contributed by atoms with van der Waals surface area (Å²) in [6, 6.07) is 9.32. The van der Waals surface area contributed by atoms with Gasteiger partial charge in [0.25, 0.3) is 5.91 Å². The number of amides is 1. The number of nitrogens with one attached hydrogen (secondary N) is 1. The first-order valence-electron chi connectivity index (χ1n) is 6.14. The van der Waals surface area contributed by atoms with Crippen LogP contribution in [0.1, 0.15) is 6.92 Å². The zero-order chi connectivity index (χ0) is 15.4. The Morgan fingerprint density at radius 2 is 1.76 bits per heavy atom. The lowest BCUT2D eigenvalue weighted by molar-refractivity contribution is -0.122. The molecule has 21 heavy (non-hydrogen) atoms. The van der Waals surface area contributed by atoms with E-state index in [4.69, 9.17) is 4.74 Å². The van der Waals surface area contributed by atoms with Crippen molar-refractivity contribution in [2.75, 3.05) is 5.32 Å². The monoisotopic (exact) mass is 355 g/mol. The quantitative estimate of drug-likeness (QED) is 0.895. The van der Waals surface area contributed by atoms with E-state index in [1.807, 2.05) is 0 Å². The Balaban J connectivity index is 2.00. The summed E-state index contributed by atoms with van der Waals surface area (Å²) in [6.45, 7) is 1.56. The Bertz CT molecular complexity index is 647. The molecule has 0 saturated heterocycles. The van der Waals surface area contributed by atoms with Crippen molar-refractivity contribution < 1.29 is 18.3 Å². The van der Waals surface area contributed by atoms with Gasteiger partial charge in [-0.15, -0.1) is 0 Å². The van der Waals surface area contributed by atoms with Gasteiger partial charge in [0.15, 0.2) is 6.10 Å². The third-order valence-electron chi connectivity index (χ3n) is 2.68. The van der Waals surface area contributed by atoms with Gasteiger partial charge in [-0.05, 0) is 65.3 Å². The molecule has 6 heteroatoms. The standard InChI is InChI=1S/C15H12BrF2NO2/c1-9(21-14-7-4-11(18)8-13(14)16)15(20)19-12-5-2-10(17)3-6-12/h2-9H,1H3,(H,19,20)/t9-/m1/s1. The second-order valence-electron chi connectivity index (χ2n) is 4.33. The van der Waals surface area contributed by atoms with E-state index in [1.165, 1.54) is 42.5 Å². The fourth-order valence-corrected chi connectivity index (χ4v) is 2.04. The van der Waals surface area contributed by atoms with Crippen LogP contribution in [0, 0.1) is 11.6 Å². The normalized spacial score (nSPS) is 11.8. The predicted octanol–water partition coefficient (Wildman–Crippen LogP) is 4.13. The van der Waals surface area contributed by atoms with E-state index in [1.54, 1.807) is 6.92 Å². The predicted molar refractivity (Wildman–Crippen MR) is 79.2 cm³/mol. The molecular formula is C15H12BrF2NO2. The first-order chi connectivity index (χ1) is 9.95. The van der Waals surface area contributed by atoms with Gasteiger partial charge in [0.1, 0.15) is 17.4 Å². The van der Waals surface area contributed by atoms with Gasteiger partial charge < -0.3 is 10.1 Å². The zero-order valence-electron chi connectivity index (χ0n) is 11.1. The Hall–Kier alpha value is -1.95. The van der Waals surface area contributed by atoms with Crippen molar-refractivity contribution in [1.29, 1.82) is 0 Å². The molecule has 2 aromatic rings. The molecule has 2 rings (SSSR count). The van der Waals surface area contributed by atoms with E-state index >= 15 is 0 Å². The number of ether oxygens (including phenoxy) is 1. The van der Waals surface area contributed by atoms with Crippen LogP contribution in [0.2, 0.25) is 0 Å². The molecule has 0 unspecified atom stereocenters. The molecule has 1 amide bonds. The van der Waals surface area contributed by atoms with Crippen molar-refractivity contribution in [2.45, 2.75) is 13.0 Å². The number of hydrogen-bond acceptors (Lipinski definition) is 2. The molecule has 3 nitrogen and oxygen atoms in total. The lowest BCUT2D eigenvalue weighted by Gasteiger charge is -2.15. The number of rotatable bonds is 4. The molecule has 0 aromatic heterocycles. The Morgan fingerprint density at radius 3 is 2.38 bits per heavy atom. The molecule has 0 fully saturated rings. The Morgan fingerprint density at radius 1 is 1.14 bits per heavy atom. The molecule has 0 radical (unpaired) electrons. The van der Waals surface area contributed by atoms with E-state index < -0.39 is 17.8 Å². The molecule has 0 aliphatic rings. The largest absolute Gasteiger partial charge is 0.480 e. The van der Waals surface area contributed by atoms with Crippen LogP contribution in [0.25, 0.3) is 0 Å². The van der Waals surface area contributed by atoms with E-state index in [-0.39, 0.29) is 5.82 Å².